The molecule has 0 aliphatic carbocycles. The van der Waals surface area contributed by atoms with Gasteiger partial charge in [0.1, 0.15) is 11.2 Å². The van der Waals surface area contributed by atoms with Crippen molar-refractivity contribution >= 4 is 34.4 Å². The molecule has 0 bridgehead atoms. The zero-order valence-electron chi connectivity index (χ0n) is 12.6. The third kappa shape index (κ3) is 3.15. The van der Waals surface area contributed by atoms with Crippen molar-refractivity contribution in [3.8, 4) is 0 Å². The molecular weight excluding hydrogens is 333 g/mol. The van der Waals surface area contributed by atoms with Gasteiger partial charge in [-0.3, -0.25) is 19.5 Å². The molecule has 0 saturated heterocycles. The molecule has 0 aliphatic heterocycles. The van der Waals surface area contributed by atoms with Gasteiger partial charge in [-0.1, -0.05) is 0 Å². The number of fused-ring (bicyclic) bond motifs is 1. The van der Waals surface area contributed by atoms with Crippen molar-refractivity contribution in [3.63, 3.8) is 0 Å². The number of imidazole rings is 1. The summed E-state index contributed by atoms with van der Waals surface area (Å²) in [5.74, 6) is -3.00. The molecule has 0 saturated carbocycles. The normalized spacial score (nSPS) is 10.6. The number of H-pyrrole nitrogens is 2. The highest BCUT2D eigenvalue weighted by molar-refractivity contribution is 6.09. The molecule has 1 aromatic carbocycles. The lowest BCUT2D eigenvalue weighted by Crippen LogP contribution is -2.34. The Morgan fingerprint density at radius 2 is 2.04 bits per heavy atom. The van der Waals surface area contributed by atoms with Gasteiger partial charge in [0.05, 0.1) is 35.8 Å². The molecule has 128 valence electrons. The molecule has 11 heteroatoms. The van der Waals surface area contributed by atoms with Crippen LogP contribution in [0.1, 0.15) is 20.8 Å². The van der Waals surface area contributed by atoms with Crippen molar-refractivity contribution in [1.29, 1.82) is 0 Å². The number of nitrogens with two attached hydrogens (primary N) is 1. The van der Waals surface area contributed by atoms with Crippen LogP contribution in [0, 0.1) is 5.82 Å². The molecule has 0 atom stereocenters. The van der Waals surface area contributed by atoms with Gasteiger partial charge in [0, 0.05) is 0 Å². The first-order valence-corrected chi connectivity index (χ1v) is 7.00. The Hall–Kier alpha value is -3.76. The minimum atomic E-state index is -0.792. The summed E-state index contributed by atoms with van der Waals surface area (Å²) in [5.41, 5.74) is 5.09. The predicted octanol–water partition coefficient (Wildman–Crippen LogP) is -0.108. The molecule has 10 nitrogen and oxygen atoms in total. The number of aromatic nitrogens is 4. The highest BCUT2D eigenvalue weighted by Gasteiger charge is 2.20. The van der Waals surface area contributed by atoms with Gasteiger partial charge in [0.2, 0.25) is 5.91 Å². The number of aromatic amines is 2. The maximum Gasteiger partial charge on any atom is 0.271 e. The molecule has 3 rings (SSSR count). The number of benzene rings is 1. The Kier molecular flexibility index (Phi) is 4.12. The second-order valence-corrected chi connectivity index (χ2v) is 4.99. The Morgan fingerprint density at radius 1 is 1.24 bits per heavy atom. The van der Waals surface area contributed by atoms with Crippen molar-refractivity contribution in [1.82, 2.24) is 25.5 Å². The minimum Gasteiger partial charge on any atom is -0.368 e. The number of hydrogen-bond donors (Lipinski definition) is 5. The zero-order valence-corrected chi connectivity index (χ0v) is 12.6. The van der Waals surface area contributed by atoms with Gasteiger partial charge in [-0.2, -0.15) is 5.10 Å². The number of carbonyl (C=O) groups excluding carboxylic acids is 3. The van der Waals surface area contributed by atoms with E-state index in [1.54, 1.807) is 0 Å². The lowest BCUT2D eigenvalue weighted by atomic mass is 10.1. The maximum absolute atomic E-state index is 14.4. The maximum atomic E-state index is 14.4. The zero-order chi connectivity index (χ0) is 18.0. The molecule has 0 unspecified atom stereocenters. The van der Waals surface area contributed by atoms with Gasteiger partial charge in [-0.15, -0.1) is 0 Å². The molecule has 0 aliphatic rings. The van der Waals surface area contributed by atoms with Gasteiger partial charge >= 0.3 is 0 Å². The number of primary amides is 1. The molecular formula is C14H12FN7O3. The molecule has 3 aromatic rings. The van der Waals surface area contributed by atoms with Crippen LogP contribution >= 0.6 is 0 Å². The van der Waals surface area contributed by atoms with E-state index in [0.717, 1.165) is 0 Å². The molecule has 25 heavy (non-hydrogen) atoms. The van der Waals surface area contributed by atoms with E-state index in [4.69, 9.17) is 5.73 Å². The minimum absolute atomic E-state index is 0.0218. The van der Waals surface area contributed by atoms with Gasteiger partial charge in [-0.05, 0) is 12.1 Å². The second kappa shape index (κ2) is 6.39. The van der Waals surface area contributed by atoms with Crippen LogP contribution in [0.2, 0.25) is 0 Å². The number of carbonyl (C=O) groups is 3. The van der Waals surface area contributed by atoms with Crippen molar-refractivity contribution in [2.45, 2.75) is 0 Å². The Labute approximate surface area is 139 Å². The number of rotatable bonds is 5. The van der Waals surface area contributed by atoms with Crippen molar-refractivity contribution in [3.05, 3.63) is 41.7 Å². The van der Waals surface area contributed by atoms with Crippen LogP contribution in [-0.2, 0) is 4.79 Å². The fraction of sp³-hybridized carbons (Fsp3) is 0.0714. The molecule has 2 aromatic heterocycles. The predicted molar refractivity (Wildman–Crippen MR) is 84.1 cm³/mol. The number of nitrogens with one attached hydrogen (secondary N) is 4. The molecule has 2 heterocycles. The lowest BCUT2D eigenvalue weighted by Gasteiger charge is -2.07. The Balaban J connectivity index is 1.81. The molecule has 6 N–H and O–H groups in total. The second-order valence-electron chi connectivity index (χ2n) is 4.99. The largest absolute Gasteiger partial charge is 0.368 e. The van der Waals surface area contributed by atoms with Gasteiger partial charge in [-0.25, -0.2) is 9.37 Å². The average Bonchev–Trinajstić information content (AvgIpc) is 3.22. The van der Waals surface area contributed by atoms with E-state index in [2.05, 4.69) is 30.8 Å². The summed E-state index contributed by atoms with van der Waals surface area (Å²) >= 11 is 0. The fourth-order valence-corrected chi connectivity index (χ4v) is 2.15. The number of nitrogens with zero attached hydrogens (tertiary/aromatic N) is 2. The summed E-state index contributed by atoms with van der Waals surface area (Å²) in [6, 6.07) is 2.80. The molecule has 0 radical (unpaired) electrons. The highest BCUT2D eigenvalue weighted by Crippen LogP contribution is 2.20. The first kappa shape index (κ1) is 16.1. The summed E-state index contributed by atoms with van der Waals surface area (Å²) in [6.07, 6.45) is 2.49. The fourth-order valence-electron chi connectivity index (χ4n) is 2.15. The Bertz CT molecular complexity index is 978. The first-order valence-electron chi connectivity index (χ1n) is 7.00. The number of amides is 3. The first-order chi connectivity index (χ1) is 12.0. The third-order valence-electron chi connectivity index (χ3n) is 3.31. The summed E-state index contributed by atoms with van der Waals surface area (Å²) in [6.45, 7) is -0.379. The van der Waals surface area contributed by atoms with Crippen LogP contribution in [0.15, 0.2) is 24.7 Å². The van der Waals surface area contributed by atoms with Crippen LogP contribution < -0.4 is 16.4 Å². The van der Waals surface area contributed by atoms with E-state index in [1.807, 2.05) is 0 Å². The van der Waals surface area contributed by atoms with Crippen molar-refractivity contribution in [2.24, 2.45) is 5.73 Å². The topological polar surface area (TPSA) is 159 Å². The van der Waals surface area contributed by atoms with Crippen molar-refractivity contribution < 1.29 is 18.8 Å². The van der Waals surface area contributed by atoms with Crippen molar-refractivity contribution in [2.75, 3.05) is 11.9 Å². The quantitative estimate of drug-likeness (QED) is 0.436. The van der Waals surface area contributed by atoms with Gasteiger partial charge < -0.3 is 21.4 Å². The SMILES string of the molecule is NC(=O)CNC(=O)c1[nH]ncc1NC(=O)c1ccc2[nH]cnc2c1F. The smallest absolute Gasteiger partial charge is 0.271 e. The number of halogens is 1. The van der Waals surface area contributed by atoms with Crippen LogP contribution in [0.25, 0.3) is 11.0 Å². The molecule has 3 amide bonds. The van der Waals surface area contributed by atoms with E-state index < -0.39 is 23.5 Å². The van der Waals surface area contributed by atoms with Crippen LogP contribution in [0.5, 0.6) is 0 Å². The molecule has 0 spiro atoms. The summed E-state index contributed by atoms with van der Waals surface area (Å²) in [7, 11) is 0. The summed E-state index contributed by atoms with van der Waals surface area (Å²) in [5, 5.41) is 10.7. The third-order valence-corrected chi connectivity index (χ3v) is 3.31. The van der Waals surface area contributed by atoms with Crippen LogP contribution in [-0.4, -0.2) is 44.4 Å². The number of anilines is 1. The summed E-state index contributed by atoms with van der Waals surface area (Å²) < 4.78 is 14.4. The monoisotopic (exact) mass is 345 g/mol. The van der Waals surface area contributed by atoms with Gasteiger partial charge in [0.15, 0.2) is 5.82 Å². The lowest BCUT2D eigenvalue weighted by molar-refractivity contribution is -0.117. The van der Waals surface area contributed by atoms with Gasteiger partial charge in [0.25, 0.3) is 11.8 Å². The number of hydrogen-bond acceptors (Lipinski definition) is 5. The van der Waals surface area contributed by atoms with E-state index in [-0.39, 0.29) is 29.0 Å². The average molecular weight is 345 g/mol. The van der Waals surface area contributed by atoms with Crippen LogP contribution in [0.4, 0.5) is 10.1 Å². The highest BCUT2D eigenvalue weighted by atomic mass is 19.1. The summed E-state index contributed by atoms with van der Waals surface area (Å²) in [4.78, 5) is 41.5. The van der Waals surface area contributed by atoms with E-state index in [1.165, 1.54) is 24.7 Å². The molecule has 0 fully saturated rings. The van der Waals surface area contributed by atoms with E-state index >= 15 is 0 Å². The van der Waals surface area contributed by atoms with E-state index in [9.17, 15) is 18.8 Å². The standard InChI is InChI=1S/C14H12FN7O3/c15-10-6(1-2-7-11(10)19-5-18-7)13(24)21-8-3-20-22-12(8)14(25)17-4-9(16)23/h1-3,5H,4H2,(H2,16,23)(H,17,25)(H,18,19)(H,20,22)(H,21,24). The van der Waals surface area contributed by atoms with E-state index in [0.29, 0.717) is 5.52 Å². The Morgan fingerprint density at radius 3 is 2.80 bits per heavy atom. The van der Waals surface area contributed by atoms with Crippen LogP contribution in [0.3, 0.4) is 0 Å².